The molecule has 3 aromatic carbocycles. The van der Waals surface area contributed by atoms with Crippen molar-refractivity contribution >= 4 is 28.5 Å². The van der Waals surface area contributed by atoms with E-state index >= 15 is 0 Å². The molecule has 2 fully saturated rings. The fraction of sp³-hybridized carbons (Fsp3) is 0.406. The molecule has 0 aliphatic carbocycles. The average molecular weight is 527 g/mol. The lowest BCUT2D eigenvalue weighted by atomic mass is 9.95. The van der Waals surface area contributed by atoms with E-state index in [1.807, 2.05) is 49.4 Å². The zero-order valence-corrected chi connectivity index (χ0v) is 22.5. The van der Waals surface area contributed by atoms with Crippen LogP contribution in [0.4, 0.5) is 0 Å². The Morgan fingerprint density at radius 3 is 2.38 bits per heavy atom. The third-order valence-electron chi connectivity index (χ3n) is 8.26. The van der Waals surface area contributed by atoms with E-state index in [-0.39, 0.29) is 29.8 Å². The minimum absolute atomic E-state index is 0.00337. The summed E-state index contributed by atoms with van der Waals surface area (Å²) in [5.74, 6) is -0.645. The maximum Gasteiger partial charge on any atom is 0.246 e. The third kappa shape index (κ3) is 5.83. The van der Waals surface area contributed by atoms with Crippen molar-refractivity contribution in [3.8, 4) is 0 Å². The first-order valence-electron chi connectivity index (χ1n) is 14.2. The Bertz CT molecular complexity index is 1330. The van der Waals surface area contributed by atoms with Crippen LogP contribution in [0.15, 0.2) is 72.8 Å². The lowest BCUT2D eigenvalue weighted by molar-refractivity contribution is -0.144. The third-order valence-corrected chi connectivity index (χ3v) is 8.26. The first-order valence-corrected chi connectivity index (χ1v) is 14.2. The van der Waals surface area contributed by atoms with Crippen molar-refractivity contribution < 1.29 is 14.4 Å². The van der Waals surface area contributed by atoms with Crippen LogP contribution in [0.3, 0.4) is 0 Å². The average Bonchev–Trinajstić information content (AvgIpc) is 3.39. The van der Waals surface area contributed by atoms with Crippen LogP contribution in [0, 0.1) is 0 Å². The summed E-state index contributed by atoms with van der Waals surface area (Å²) >= 11 is 0. The molecule has 2 saturated heterocycles. The van der Waals surface area contributed by atoms with Gasteiger partial charge in [-0.15, -0.1) is 0 Å². The van der Waals surface area contributed by atoms with Crippen molar-refractivity contribution in [2.75, 3.05) is 0 Å². The number of carbonyl (C=O) groups is 3. The van der Waals surface area contributed by atoms with Gasteiger partial charge in [0.25, 0.3) is 0 Å². The van der Waals surface area contributed by atoms with Crippen LogP contribution in [-0.4, -0.2) is 46.8 Å². The van der Waals surface area contributed by atoms with Crippen molar-refractivity contribution in [3.63, 3.8) is 0 Å². The normalized spacial score (nSPS) is 22.9. The van der Waals surface area contributed by atoms with Crippen molar-refractivity contribution in [1.82, 2.24) is 15.5 Å². The highest BCUT2D eigenvalue weighted by Gasteiger charge is 2.44. The number of fused-ring (bicyclic) bond motifs is 2. The Kier molecular flexibility index (Phi) is 8.27. The minimum atomic E-state index is -0.656. The van der Waals surface area contributed by atoms with Crippen molar-refractivity contribution in [1.29, 1.82) is 0 Å². The number of nitrogens with two attached hydrogens (primary N) is 1. The van der Waals surface area contributed by atoms with Crippen molar-refractivity contribution in [3.05, 3.63) is 83.9 Å². The predicted molar refractivity (Wildman–Crippen MR) is 153 cm³/mol. The lowest BCUT2D eigenvalue weighted by Crippen LogP contribution is -2.58. The van der Waals surface area contributed by atoms with Gasteiger partial charge in [-0.05, 0) is 60.1 Å². The van der Waals surface area contributed by atoms with E-state index in [1.165, 1.54) is 0 Å². The molecular formula is C32H38N4O3. The van der Waals surface area contributed by atoms with Gasteiger partial charge in [-0.3, -0.25) is 14.4 Å². The van der Waals surface area contributed by atoms with E-state index in [0.29, 0.717) is 19.3 Å². The molecule has 204 valence electrons. The summed E-state index contributed by atoms with van der Waals surface area (Å²) in [4.78, 5) is 42.1. The molecule has 2 aliphatic heterocycles. The molecule has 3 aromatic rings. The highest BCUT2D eigenvalue weighted by molar-refractivity contribution is 5.94. The zero-order chi connectivity index (χ0) is 27.4. The van der Waals surface area contributed by atoms with Crippen LogP contribution in [0.1, 0.15) is 69.0 Å². The summed E-state index contributed by atoms with van der Waals surface area (Å²) in [5.41, 5.74) is 7.90. The SMILES string of the molecule is CC[C@H](N)C(=O)N[C@H]1CCCC[C@H]2CC[C@@H](C(=O)N[C@@H](c3ccccc3)c3ccc4ccccc4c3)N2C1=O. The van der Waals surface area contributed by atoms with Crippen LogP contribution in [-0.2, 0) is 14.4 Å². The number of amides is 3. The Morgan fingerprint density at radius 1 is 0.897 bits per heavy atom. The molecule has 0 saturated carbocycles. The van der Waals surface area contributed by atoms with Crippen LogP contribution in [0.25, 0.3) is 10.8 Å². The first kappa shape index (κ1) is 26.9. The monoisotopic (exact) mass is 526 g/mol. The highest BCUT2D eigenvalue weighted by Crippen LogP contribution is 2.33. The molecule has 0 radical (unpaired) electrons. The van der Waals surface area contributed by atoms with E-state index in [0.717, 1.165) is 47.6 Å². The van der Waals surface area contributed by atoms with Gasteiger partial charge in [-0.2, -0.15) is 0 Å². The number of hydrogen-bond donors (Lipinski definition) is 3. The topological polar surface area (TPSA) is 105 Å². The molecule has 3 amide bonds. The summed E-state index contributed by atoms with van der Waals surface area (Å²) < 4.78 is 0. The fourth-order valence-corrected chi connectivity index (χ4v) is 6.02. The molecule has 4 N–H and O–H groups in total. The molecule has 5 rings (SSSR count). The Balaban J connectivity index is 1.41. The van der Waals surface area contributed by atoms with Crippen molar-refractivity contribution in [2.24, 2.45) is 5.73 Å². The molecule has 0 unspecified atom stereocenters. The van der Waals surface area contributed by atoms with Gasteiger partial charge < -0.3 is 21.3 Å². The van der Waals surface area contributed by atoms with Gasteiger partial charge >= 0.3 is 0 Å². The van der Waals surface area contributed by atoms with Crippen LogP contribution in [0.5, 0.6) is 0 Å². The number of rotatable bonds is 7. The number of nitrogens with zero attached hydrogens (tertiary/aromatic N) is 1. The number of carbonyl (C=O) groups excluding carboxylic acids is 3. The van der Waals surface area contributed by atoms with Crippen LogP contribution >= 0.6 is 0 Å². The largest absolute Gasteiger partial charge is 0.343 e. The van der Waals surface area contributed by atoms with Gasteiger partial charge in [-0.25, -0.2) is 0 Å². The Labute approximate surface area is 230 Å². The van der Waals surface area contributed by atoms with Gasteiger partial charge in [-0.1, -0.05) is 86.5 Å². The number of hydrogen-bond acceptors (Lipinski definition) is 4. The summed E-state index contributed by atoms with van der Waals surface area (Å²) in [6, 6.07) is 22.1. The highest BCUT2D eigenvalue weighted by atomic mass is 16.2. The van der Waals surface area contributed by atoms with E-state index in [4.69, 9.17) is 5.73 Å². The van der Waals surface area contributed by atoms with E-state index < -0.39 is 18.1 Å². The standard InChI is InChI=1S/C32H38N4O3/c1-2-26(33)30(37)34-27-15-9-8-14-25-18-19-28(36(25)32(27)39)31(38)35-29(22-11-4-3-5-12-22)24-17-16-21-10-6-7-13-23(21)20-24/h3-7,10-13,16-17,20,25-29H,2,8-9,14-15,18-19,33H2,1H3,(H,34,37)(H,35,38)/t25-,26-,27-,28-,29-/m0/s1. The van der Waals surface area contributed by atoms with Gasteiger partial charge in [0.15, 0.2) is 0 Å². The Hall–Kier alpha value is -3.71. The molecule has 2 aliphatic rings. The van der Waals surface area contributed by atoms with Gasteiger partial charge in [0.1, 0.15) is 12.1 Å². The molecule has 5 atom stereocenters. The first-order chi connectivity index (χ1) is 19.0. The second-order valence-electron chi connectivity index (χ2n) is 10.8. The second kappa shape index (κ2) is 12.0. The lowest BCUT2D eigenvalue weighted by Gasteiger charge is -2.36. The molecule has 0 spiro atoms. The van der Waals surface area contributed by atoms with Gasteiger partial charge in [0.05, 0.1) is 12.1 Å². The quantitative estimate of drug-likeness (QED) is 0.429. The molecule has 2 heterocycles. The predicted octanol–water partition coefficient (Wildman–Crippen LogP) is 4.20. The van der Waals surface area contributed by atoms with Crippen LogP contribution < -0.4 is 16.4 Å². The zero-order valence-electron chi connectivity index (χ0n) is 22.5. The molecule has 0 bridgehead atoms. The maximum absolute atomic E-state index is 13.9. The number of benzene rings is 3. The summed E-state index contributed by atoms with van der Waals surface area (Å²) in [6.45, 7) is 1.85. The fourth-order valence-electron chi connectivity index (χ4n) is 6.02. The van der Waals surface area contributed by atoms with E-state index in [2.05, 4.69) is 41.0 Å². The molecule has 7 heteroatoms. The molecule has 7 nitrogen and oxygen atoms in total. The maximum atomic E-state index is 13.9. The van der Waals surface area contributed by atoms with Gasteiger partial charge in [0, 0.05) is 6.04 Å². The number of nitrogens with one attached hydrogen (secondary N) is 2. The Morgan fingerprint density at radius 2 is 1.62 bits per heavy atom. The molecular weight excluding hydrogens is 488 g/mol. The van der Waals surface area contributed by atoms with Gasteiger partial charge in [0.2, 0.25) is 17.7 Å². The van der Waals surface area contributed by atoms with E-state index in [9.17, 15) is 14.4 Å². The minimum Gasteiger partial charge on any atom is -0.343 e. The summed E-state index contributed by atoms with van der Waals surface area (Å²) in [6.07, 6.45) is 5.14. The van der Waals surface area contributed by atoms with E-state index in [1.54, 1.807) is 4.90 Å². The van der Waals surface area contributed by atoms with Crippen molar-refractivity contribution in [2.45, 2.75) is 82.1 Å². The summed E-state index contributed by atoms with van der Waals surface area (Å²) in [7, 11) is 0. The smallest absolute Gasteiger partial charge is 0.246 e. The molecule has 39 heavy (non-hydrogen) atoms. The van der Waals surface area contributed by atoms with Crippen LogP contribution in [0.2, 0.25) is 0 Å². The summed E-state index contributed by atoms with van der Waals surface area (Å²) in [5, 5.41) is 8.42. The molecule has 0 aromatic heterocycles. The second-order valence-corrected chi connectivity index (χ2v) is 10.8.